The highest BCUT2D eigenvalue weighted by Crippen LogP contribution is 2.31. The highest BCUT2D eigenvalue weighted by Gasteiger charge is 2.21. The summed E-state index contributed by atoms with van der Waals surface area (Å²) in [6.07, 6.45) is 5.66. The van der Waals surface area contributed by atoms with Gasteiger partial charge in [0, 0.05) is 53.8 Å². The van der Waals surface area contributed by atoms with E-state index in [-0.39, 0.29) is 11.8 Å². The number of aromatic nitrogens is 4. The first-order valence-corrected chi connectivity index (χ1v) is 11.4. The number of fused-ring (bicyclic) bond motifs is 1. The van der Waals surface area contributed by atoms with Gasteiger partial charge in [-0.05, 0) is 29.3 Å². The van der Waals surface area contributed by atoms with Crippen molar-refractivity contribution >= 4 is 28.1 Å². The summed E-state index contributed by atoms with van der Waals surface area (Å²) in [6, 6.07) is 16.2. The maximum Gasteiger partial charge on any atom is 0.270 e. The first kappa shape index (κ1) is 21.0. The highest BCUT2D eigenvalue weighted by atomic mass is 32.1. The molecule has 0 saturated heterocycles. The Balaban J connectivity index is 1.40. The molecule has 0 aliphatic carbocycles. The van der Waals surface area contributed by atoms with Gasteiger partial charge in [0.2, 0.25) is 0 Å². The van der Waals surface area contributed by atoms with E-state index in [1.54, 1.807) is 23.4 Å². The van der Waals surface area contributed by atoms with Gasteiger partial charge in [-0.25, -0.2) is 4.98 Å². The minimum atomic E-state index is -0.195. The predicted octanol–water partition coefficient (Wildman–Crippen LogP) is 4.60. The van der Waals surface area contributed by atoms with Crippen LogP contribution in [-0.2, 0) is 7.05 Å². The molecule has 0 bridgehead atoms. The van der Waals surface area contributed by atoms with E-state index in [1.165, 1.54) is 11.3 Å². The zero-order chi connectivity index (χ0) is 22.8. The van der Waals surface area contributed by atoms with Gasteiger partial charge in [-0.1, -0.05) is 30.3 Å². The van der Waals surface area contributed by atoms with E-state index >= 15 is 0 Å². The van der Waals surface area contributed by atoms with E-state index in [9.17, 15) is 4.79 Å². The third-order valence-corrected chi connectivity index (χ3v) is 6.56. The van der Waals surface area contributed by atoms with Gasteiger partial charge in [0.1, 0.15) is 16.5 Å². The number of carbonyl (C=O) groups is 1. The van der Waals surface area contributed by atoms with Crippen LogP contribution in [0.25, 0.3) is 21.5 Å². The number of H-pyrrole nitrogens is 1. The van der Waals surface area contributed by atoms with E-state index in [2.05, 4.69) is 32.5 Å². The number of rotatable bonds is 7. The molecule has 5 aromatic rings. The average Bonchev–Trinajstić information content (AvgIpc) is 3.59. The minimum absolute atomic E-state index is 0.0348. The van der Waals surface area contributed by atoms with Gasteiger partial charge < -0.3 is 15.0 Å². The number of methoxy groups -OCH3 is 1. The van der Waals surface area contributed by atoms with Crippen LogP contribution in [0.15, 0.2) is 72.5 Å². The number of para-hydroxylation sites is 1. The SMILES string of the molecule is COc1ccc(C(CNC(=O)c2csc(-c3cnn(C)c3)n2)c2c[nH]c3ccccc23)cc1. The molecule has 0 radical (unpaired) electrons. The number of hydrogen-bond acceptors (Lipinski definition) is 5. The molecule has 33 heavy (non-hydrogen) atoms. The van der Waals surface area contributed by atoms with Crippen molar-refractivity contribution in [2.24, 2.45) is 7.05 Å². The monoisotopic (exact) mass is 457 g/mol. The van der Waals surface area contributed by atoms with E-state index < -0.39 is 0 Å². The second-order valence-electron chi connectivity index (χ2n) is 7.77. The van der Waals surface area contributed by atoms with Crippen LogP contribution in [0, 0.1) is 0 Å². The van der Waals surface area contributed by atoms with Crippen LogP contribution in [-0.4, -0.2) is 39.3 Å². The zero-order valence-electron chi connectivity index (χ0n) is 18.3. The number of nitrogens with zero attached hydrogens (tertiary/aromatic N) is 3. The molecule has 2 aromatic carbocycles. The lowest BCUT2D eigenvalue weighted by Gasteiger charge is -2.18. The summed E-state index contributed by atoms with van der Waals surface area (Å²) >= 11 is 1.43. The molecule has 7 nitrogen and oxygen atoms in total. The summed E-state index contributed by atoms with van der Waals surface area (Å²) in [6.45, 7) is 0.437. The third-order valence-electron chi connectivity index (χ3n) is 5.67. The molecule has 0 spiro atoms. The van der Waals surface area contributed by atoms with Crippen LogP contribution in [0.5, 0.6) is 5.75 Å². The lowest BCUT2D eigenvalue weighted by Crippen LogP contribution is -2.29. The Morgan fingerprint density at radius 1 is 1.21 bits per heavy atom. The number of benzene rings is 2. The van der Waals surface area contributed by atoms with Crippen molar-refractivity contribution in [3.05, 3.63) is 89.3 Å². The molecule has 0 fully saturated rings. The second-order valence-corrected chi connectivity index (χ2v) is 8.62. The Labute approximate surface area is 195 Å². The average molecular weight is 458 g/mol. The van der Waals surface area contributed by atoms with Gasteiger partial charge in [0.25, 0.3) is 5.91 Å². The Morgan fingerprint density at radius 2 is 2.03 bits per heavy atom. The highest BCUT2D eigenvalue weighted by molar-refractivity contribution is 7.13. The molecule has 1 unspecified atom stereocenters. The molecule has 0 aliphatic rings. The molecule has 3 aromatic heterocycles. The van der Waals surface area contributed by atoms with Gasteiger partial charge >= 0.3 is 0 Å². The maximum absolute atomic E-state index is 12.9. The molecule has 1 atom stereocenters. The fourth-order valence-corrected chi connectivity index (χ4v) is 4.73. The molecule has 0 saturated carbocycles. The minimum Gasteiger partial charge on any atom is -0.497 e. The lowest BCUT2D eigenvalue weighted by atomic mass is 9.90. The van der Waals surface area contributed by atoms with Crippen molar-refractivity contribution in [1.82, 2.24) is 25.1 Å². The lowest BCUT2D eigenvalue weighted by molar-refractivity contribution is 0.0948. The number of hydrogen-bond donors (Lipinski definition) is 2. The van der Waals surface area contributed by atoms with Crippen molar-refractivity contribution in [3.63, 3.8) is 0 Å². The molecule has 2 N–H and O–H groups in total. The quantitative estimate of drug-likeness (QED) is 0.374. The fourth-order valence-electron chi connectivity index (χ4n) is 3.95. The van der Waals surface area contributed by atoms with E-state index in [1.807, 2.05) is 55.8 Å². The Bertz CT molecular complexity index is 1400. The molecule has 0 aliphatic heterocycles. The molecule has 1 amide bonds. The van der Waals surface area contributed by atoms with E-state index in [0.29, 0.717) is 12.2 Å². The van der Waals surface area contributed by atoms with Crippen LogP contribution < -0.4 is 10.1 Å². The Hall–Kier alpha value is -3.91. The van der Waals surface area contributed by atoms with Gasteiger partial charge in [0.15, 0.2) is 0 Å². The van der Waals surface area contributed by atoms with Crippen molar-refractivity contribution in [2.45, 2.75) is 5.92 Å². The van der Waals surface area contributed by atoms with Gasteiger partial charge in [-0.2, -0.15) is 5.10 Å². The molecule has 5 rings (SSSR count). The smallest absolute Gasteiger partial charge is 0.270 e. The number of aryl methyl sites for hydroxylation is 1. The maximum atomic E-state index is 12.9. The first-order valence-electron chi connectivity index (χ1n) is 10.5. The number of amides is 1. The second kappa shape index (κ2) is 8.91. The van der Waals surface area contributed by atoms with Gasteiger partial charge in [0.05, 0.1) is 13.3 Å². The predicted molar refractivity (Wildman–Crippen MR) is 130 cm³/mol. The topological polar surface area (TPSA) is 84.8 Å². The van der Waals surface area contributed by atoms with Crippen LogP contribution >= 0.6 is 11.3 Å². The van der Waals surface area contributed by atoms with E-state index in [0.717, 1.165) is 38.4 Å². The zero-order valence-corrected chi connectivity index (χ0v) is 19.1. The standard InChI is InChI=1S/C25H23N5O2S/c1-30-14-17(11-28-30)25-29-23(15-33-25)24(31)27-12-20(16-7-9-18(32-2)10-8-16)21-13-26-22-6-4-3-5-19(21)22/h3-11,13-15,20,26H,12H2,1-2H3,(H,27,31). The van der Waals surface area contributed by atoms with E-state index in [4.69, 9.17) is 4.74 Å². The van der Waals surface area contributed by atoms with Crippen molar-refractivity contribution < 1.29 is 9.53 Å². The van der Waals surface area contributed by atoms with Crippen molar-refractivity contribution in [3.8, 4) is 16.3 Å². The summed E-state index contributed by atoms with van der Waals surface area (Å²) in [7, 11) is 3.51. The first-order chi connectivity index (χ1) is 16.1. The van der Waals surface area contributed by atoms with Gasteiger partial charge in [-0.15, -0.1) is 11.3 Å². The molecule has 166 valence electrons. The third kappa shape index (κ3) is 4.25. The number of thiazole rings is 1. The summed E-state index contributed by atoms with van der Waals surface area (Å²) in [5.74, 6) is 0.568. The van der Waals surface area contributed by atoms with Gasteiger partial charge in [-0.3, -0.25) is 9.48 Å². The number of nitrogens with one attached hydrogen (secondary N) is 2. The van der Waals surface area contributed by atoms with Crippen LogP contribution in [0.1, 0.15) is 27.5 Å². The summed E-state index contributed by atoms with van der Waals surface area (Å²) in [5.41, 5.74) is 4.60. The van der Waals surface area contributed by atoms with Crippen LogP contribution in [0.4, 0.5) is 0 Å². The normalized spacial score (nSPS) is 12.1. The number of ether oxygens (including phenoxy) is 1. The largest absolute Gasteiger partial charge is 0.497 e. The number of carbonyl (C=O) groups excluding carboxylic acids is 1. The van der Waals surface area contributed by atoms with Crippen molar-refractivity contribution in [2.75, 3.05) is 13.7 Å². The Morgan fingerprint density at radius 3 is 2.79 bits per heavy atom. The Kier molecular flexibility index (Phi) is 5.66. The van der Waals surface area contributed by atoms with Crippen molar-refractivity contribution in [1.29, 1.82) is 0 Å². The molecule has 8 heteroatoms. The fraction of sp³-hybridized carbons (Fsp3) is 0.160. The van der Waals surface area contributed by atoms with Crippen LogP contribution in [0.3, 0.4) is 0 Å². The molecular formula is C25H23N5O2S. The number of aromatic amines is 1. The summed E-state index contributed by atoms with van der Waals surface area (Å²) in [5, 5.41) is 11.0. The summed E-state index contributed by atoms with van der Waals surface area (Å²) < 4.78 is 7.04. The molecular weight excluding hydrogens is 434 g/mol. The molecule has 3 heterocycles. The van der Waals surface area contributed by atoms with Crippen LogP contribution in [0.2, 0.25) is 0 Å². The summed E-state index contributed by atoms with van der Waals surface area (Å²) in [4.78, 5) is 20.8.